The van der Waals surface area contributed by atoms with Crippen molar-refractivity contribution in [3.63, 3.8) is 0 Å². The summed E-state index contributed by atoms with van der Waals surface area (Å²) in [5.74, 6) is 0.685. The van der Waals surface area contributed by atoms with Crippen molar-refractivity contribution in [2.45, 2.75) is 32.4 Å². The minimum absolute atomic E-state index is 0.139. The van der Waals surface area contributed by atoms with Crippen LogP contribution >= 0.6 is 0 Å². The van der Waals surface area contributed by atoms with E-state index in [1.165, 1.54) is 6.33 Å². The number of aromatic nitrogens is 3. The quantitative estimate of drug-likeness (QED) is 0.806. The molecule has 2 aliphatic heterocycles. The summed E-state index contributed by atoms with van der Waals surface area (Å²) in [7, 11) is 0. The summed E-state index contributed by atoms with van der Waals surface area (Å²) in [6, 6.07) is 0.171. The maximum absolute atomic E-state index is 12.7. The highest BCUT2D eigenvalue weighted by Gasteiger charge is 2.39. The zero-order chi connectivity index (χ0) is 15.5. The number of ether oxygens (including phenoxy) is 1. The molecule has 2 aliphatic rings. The van der Waals surface area contributed by atoms with E-state index in [4.69, 9.17) is 4.74 Å². The van der Waals surface area contributed by atoms with E-state index in [1.807, 2.05) is 11.8 Å². The van der Waals surface area contributed by atoms with Gasteiger partial charge in [-0.2, -0.15) is 5.10 Å². The van der Waals surface area contributed by atoms with Gasteiger partial charge in [0.05, 0.1) is 13.2 Å². The van der Waals surface area contributed by atoms with Crippen molar-refractivity contribution in [3.8, 4) is 0 Å². The lowest BCUT2D eigenvalue weighted by molar-refractivity contribution is -0.133. The van der Waals surface area contributed by atoms with E-state index in [9.17, 15) is 4.79 Å². The lowest BCUT2D eigenvalue weighted by Gasteiger charge is -2.34. The van der Waals surface area contributed by atoms with E-state index >= 15 is 0 Å². The van der Waals surface area contributed by atoms with Crippen LogP contribution in [0.1, 0.15) is 26.3 Å². The van der Waals surface area contributed by atoms with Gasteiger partial charge in [0.15, 0.2) is 0 Å². The second kappa shape index (κ2) is 6.75. The summed E-state index contributed by atoms with van der Waals surface area (Å²) >= 11 is 0. The number of likely N-dealkylation sites (tertiary alicyclic amines) is 1. The van der Waals surface area contributed by atoms with E-state index in [1.54, 1.807) is 11.0 Å². The molecular weight excluding hydrogens is 282 g/mol. The summed E-state index contributed by atoms with van der Waals surface area (Å²) in [5.41, 5.74) is 0. The van der Waals surface area contributed by atoms with Gasteiger partial charge in [-0.3, -0.25) is 9.69 Å². The molecule has 0 aromatic carbocycles. The molecule has 2 fully saturated rings. The molecule has 7 nitrogen and oxygen atoms in total. The highest BCUT2D eigenvalue weighted by molar-refractivity contribution is 5.80. The smallest absolute Gasteiger partial charge is 0.247 e. The van der Waals surface area contributed by atoms with Crippen LogP contribution in [0.5, 0.6) is 0 Å². The Hall–Kier alpha value is -1.47. The number of nitrogens with zero attached hydrogens (tertiary/aromatic N) is 5. The highest BCUT2D eigenvalue weighted by atomic mass is 16.5. The second-order valence-corrected chi connectivity index (χ2v) is 6.18. The fraction of sp³-hybridized carbons (Fsp3) is 0.800. The summed E-state index contributed by atoms with van der Waals surface area (Å²) in [5, 5.41) is 4.09. The first-order valence-electron chi connectivity index (χ1n) is 8.15. The fourth-order valence-electron chi connectivity index (χ4n) is 3.55. The van der Waals surface area contributed by atoms with Crippen molar-refractivity contribution in [2.75, 3.05) is 39.4 Å². The lowest BCUT2D eigenvalue weighted by Crippen LogP contribution is -2.47. The second-order valence-electron chi connectivity index (χ2n) is 6.18. The minimum atomic E-state index is -0.288. The third-order valence-electron chi connectivity index (χ3n) is 4.95. The number of amides is 1. The van der Waals surface area contributed by atoms with Gasteiger partial charge in [0.1, 0.15) is 18.7 Å². The van der Waals surface area contributed by atoms with E-state index in [-0.39, 0.29) is 11.9 Å². The summed E-state index contributed by atoms with van der Waals surface area (Å²) in [6.45, 7) is 9.32. The van der Waals surface area contributed by atoms with Crippen LogP contribution in [-0.2, 0) is 9.53 Å². The zero-order valence-electron chi connectivity index (χ0n) is 13.4. The van der Waals surface area contributed by atoms with Crippen molar-refractivity contribution in [3.05, 3.63) is 12.7 Å². The number of carbonyl (C=O) groups excluding carboxylic acids is 1. The highest BCUT2D eigenvalue weighted by Crippen LogP contribution is 2.27. The molecule has 0 saturated carbocycles. The van der Waals surface area contributed by atoms with E-state index in [0.29, 0.717) is 12.0 Å². The Morgan fingerprint density at radius 1 is 1.36 bits per heavy atom. The molecule has 0 spiro atoms. The molecule has 2 saturated heterocycles. The summed E-state index contributed by atoms with van der Waals surface area (Å²) in [4.78, 5) is 21.2. The number of carbonyl (C=O) groups is 1. The predicted octanol–water partition coefficient (Wildman–Crippen LogP) is 0.408. The first-order valence-corrected chi connectivity index (χ1v) is 8.15. The van der Waals surface area contributed by atoms with Crippen LogP contribution in [0.4, 0.5) is 0 Å². The number of morpholine rings is 1. The normalized spacial score (nSPS) is 28.0. The van der Waals surface area contributed by atoms with Gasteiger partial charge in [-0.05, 0) is 12.8 Å². The Kier molecular flexibility index (Phi) is 4.73. The third kappa shape index (κ3) is 3.01. The molecule has 0 aliphatic carbocycles. The molecule has 3 heterocycles. The van der Waals surface area contributed by atoms with Crippen molar-refractivity contribution >= 4 is 5.91 Å². The van der Waals surface area contributed by atoms with Crippen molar-refractivity contribution in [2.24, 2.45) is 5.92 Å². The fourth-order valence-corrected chi connectivity index (χ4v) is 3.55. The molecule has 122 valence electrons. The van der Waals surface area contributed by atoms with Crippen molar-refractivity contribution in [1.82, 2.24) is 24.6 Å². The monoisotopic (exact) mass is 307 g/mol. The zero-order valence-corrected chi connectivity index (χ0v) is 13.4. The molecule has 1 aromatic heterocycles. The van der Waals surface area contributed by atoms with Crippen LogP contribution in [0, 0.1) is 5.92 Å². The number of hydrogen-bond acceptors (Lipinski definition) is 5. The van der Waals surface area contributed by atoms with E-state index in [0.717, 1.165) is 45.8 Å². The molecule has 1 amide bonds. The maximum Gasteiger partial charge on any atom is 0.247 e. The van der Waals surface area contributed by atoms with Gasteiger partial charge in [0.2, 0.25) is 5.91 Å². The van der Waals surface area contributed by atoms with Crippen LogP contribution in [0.25, 0.3) is 0 Å². The SMILES string of the molecule is CC[C@@H]1CN(C(=O)[C@H](C)n2cncn2)C[C@@H]1N1CCOCC1. The molecule has 0 N–H and O–H groups in total. The molecule has 22 heavy (non-hydrogen) atoms. The van der Waals surface area contributed by atoms with Crippen molar-refractivity contribution < 1.29 is 9.53 Å². The number of hydrogen-bond donors (Lipinski definition) is 0. The minimum Gasteiger partial charge on any atom is -0.379 e. The first kappa shape index (κ1) is 15.4. The molecule has 0 unspecified atom stereocenters. The van der Waals surface area contributed by atoms with Gasteiger partial charge < -0.3 is 9.64 Å². The Balaban J connectivity index is 1.66. The van der Waals surface area contributed by atoms with Gasteiger partial charge in [0, 0.05) is 32.2 Å². The Morgan fingerprint density at radius 3 is 2.77 bits per heavy atom. The van der Waals surface area contributed by atoms with Crippen LogP contribution in [0.15, 0.2) is 12.7 Å². The average molecular weight is 307 g/mol. The van der Waals surface area contributed by atoms with Gasteiger partial charge in [-0.25, -0.2) is 9.67 Å². The van der Waals surface area contributed by atoms with Gasteiger partial charge in [0.25, 0.3) is 0 Å². The van der Waals surface area contributed by atoms with E-state index in [2.05, 4.69) is 21.9 Å². The van der Waals surface area contributed by atoms with Crippen LogP contribution < -0.4 is 0 Å². The Bertz CT molecular complexity index is 486. The Labute approximate surface area is 131 Å². The molecule has 1 aromatic rings. The lowest BCUT2D eigenvalue weighted by atomic mass is 9.99. The van der Waals surface area contributed by atoms with Gasteiger partial charge in [-0.15, -0.1) is 0 Å². The van der Waals surface area contributed by atoms with Crippen LogP contribution in [-0.4, -0.2) is 75.9 Å². The van der Waals surface area contributed by atoms with E-state index < -0.39 is 0 Å². The van der Waals surface area contributed by atoms with Gasteiger partial charge in [-0.1, -0.05) is 13.3 Å². The molecule has 0 bridgehead atoms. The average Bonchev–Trinajstić information content (AvgIpc) is 3.23. The predicted molar refractivity (Wildman–Crippen MR) is 81.3 cm³/mol. The molecular formula is C15H25N5O2. The summed E-state index contributed by atoms with van der Waals surface area (Å²) < 4.78 is 7.08. The first-order chi connectivity index (χ1) is 10.7. The van der Waals surface area contributed by atoms with Crippen LogP contribution in [0.2, 0.25) is 0 Å². The number of rotatable bonds is 4. The topological polar surface area (TPSA) is 63.5 Å². The molecule has 0 radical (unpaired) electrons. The summed E-state index contributed by atoms with van der Waals surface area (Å²) in [6.07, 6.45) is 4.18. The standard InChI is InChI=1S/C15H25N5O2/c1-3-13-8-19(9-14(13)18-4-6-22-7-5-18)15(21)12(2)20-11-16-10-17-20/h10-14H,3-9H2,1-2H3/t12-,13+,14-/m0/s1. The maximum atomic E-state index is 12.7. The molecule has 3 rings (SSSR count). The Morgan fingerprint density at radius 2 is 2.14 bits per heavy atom. The largest absolute Gasteiger partial charge is 0.379 e. The van der Waals surface area contributed by atoms with Crippen molar-refractivity contribution in [1.29, 1.82) is 0 Å². The van der Waals surface area contributed by atoms with Gasteiger partial charge >= 0.3 is 0 Å². The molecule has 3 atom stereocenters. The molecule has 7 heteroatoms. The van der Waals surface area contributed by atoms with Crippen LogP contribution in [0.3, 0.4) is 0 Å². The third-order valence-corrected chi connectivity index (χ3v) is 4.95.